The van der Waals surface area contributed by atoms with Crippen LogP contribution in [0.15, 0.2) is 36.8 Å². The van der Waals surface area contributed by atoms with Gasteiger partial charge in [0.2, 0.25) is 5.91 Å². The van der Waals surface area contributed by atoms with Crippen LogP contribution in [0.25, 0.3) is 0 Å². The number of nitrogens with one attached hydrogen (secondary N) is 4. The van der Waals surface area contributed by atoms with Gasteiger partial charge < -0.3 is 41.1 Å². The van der Waals surface area contributed by atoms with E-state index in [2.05, 4.69) is 16.0 Å². The standard InChI is InChI=1S/C22H27N9O4/c1-29-9-12(19(25)32)6-16(29)22(35)27-14-8-18(31(3)11-14)28-20(33)13-7-15(30(2)10-13)21(34)26-5-4-17(23)24/h6-11H,4-5H2,1-3H3,(H3,23,24)(H2,25,32)(H,26,34)(H,27,35)(H,28,33). The number of aryl methyl sites for hydroxylation is 3. The fourth-order valence-electron chi connectivity index (χ4n) is 3.38. The normalized spacial score (nSPS) is 10.6. The molecular weight excluding hydrogens is 454 g/mol. The fraction of sp³-hybridized carbons (Fsp3) is 0.227. The first-order valence-electron chi connectivity index (χ1n) is 10.5. The van der Waals surface area contributed by atoms with Gasteiger partial charge in [-0.2, -0.15) is 0 Å². The van der Waals surface area contributed by atoms with Crippen molar-refractivity contribution >= 4 is 41.0 Å². The molecule has 13 heteroatoms. The highest BCUT2D eigenvalue weighted by atomic mass is 16.2. The highest BCUT2D eigenvalue weighted by molar-refractivity contribution is 6.07. The van der Waals surface area contributed by atoms with Crippen LogP contribution < -0.4 is 27.4 Å². The predicted molar refractivity (Wildman–Crippen MR) is 130 cm³/mol. The van der Waals surface area contributed by atoms with Gasteiger partial charge in [0.1, 0.15) is 17.2 Å². The van der Waals surface area contributed by atoms with Gasteiger partial charge in [0.15, 0.2) is 0 Å². The van der Waals surface area contributed by atoms with Gasteiger partial charge >= 0.3 is 0 Å². The molecule has 3 aromatic rings. The van der Waals surface area contributed by atoms with Crippen LogP contribution in [0.5, 0.6) is 0 Å². The number of hydrogen-bond donors (Lipinski definition) is 6. The Morgan fingerprint density at radius 2 is 1.40 bits per heavy atom. The van der Waals surface area contributed by atoms with Gasteiger partial charge in [-0.15, -0.1) is 0 Å². The van der Waals surface area contributed by atoms with Crippen molar-refractivity contribution in [3.63, 3.8) is 0 Å². The third-order valence-electron chi connectivity index (χ3n) is 5.21. The van der Waals surface area contributed by atoms with Crippen LogP contribution in [0.3, 0.4) is 0 Å². The number of anilines is 2. The van der Waals surface area contributed by atoms with Crippen LogP contribution in [0, 0.1) is 5.41 Å². The zero-order chi connectivity index (χ0) is 25.9. The van der Waals surface area contributed by atoms with E-state index < -0.39 is 23.6 Å². The van der Waals surface area contributed by atoms with Crippen molar-refractivity contribution in [3.8, 4) is 0 Å². The summed E-state index contributed by atoms with van der Waals surface area (Å²) >= 11 is 0. The van der Waals surface area contributed by atoms with Gasteiger partial charge in [-0.3, -0.25) is 24.6 Å². The van der Waals surface area contributed by atoms with Crippen LogP contribution >= 0.6 is 0 Å². The van der Waals surface area contributed by atoms with Crippen LogP contribution in [0.4, 0.5) is 11.5 Å². The summed E-state index contributed by atoms with van der Waals surface area (Å²) in [6.07, 6.45) is 4.83. The molecule has 3 rings (SSSR count). The minimum absolute atomic E-state index is 0.0329. The Bertz CT molecular complexity index is 1330. The second-order valence-corrected chi connectivity index (χ2v) is 7.98. The molecule has 0 unspecified atom stereocenters. The van der Waals surface area contributed by atoms with Crippen LogP contribution in [0.2, 0.25) is 0 Å². The SMILES string of the molecule is Cn1cc(NC(=O)c2cc(C(N)=O)cn2C)cc1NC(=O)c1cc(C(=O)NCCC(=N)N)n(C)c1. The van der Waals surface area contributed by atoms with Crippen molar-refractivity contribution in [1.82, 2.24) is 19.0 Å². The Labute approximate surface area is 200 Å². The van der Waals surface area contributed by atoms with Crippen molar-refractivity contribution in [2.24, 2.45) is 32.6 Å². The maximum atomic E-state index is 12.8. The summed E-state index contributed by atoms with van der Waals surface area (Å²) in [6.45, 7) is 0.214. The van der Waals surface area contributed by atoms with Crippen molar-refractivity contribution in [2.75, 3.05) is 17.2 Å². The molecule has 35 heavy (non-hydrogen) atoms. The smallest absolute Gasteiger partial charge is 0.272 e. The lowest BCUT2D eigenvalue weighted by molar-refractivity contribution is 0.0944. The first-order valence-corrected chi connectivity index (χ1v) is 10.5. The summed E-state index contributed by atoms with van der Waals surface area (Å²) in [5.74, 6) is -1.55. The molecule has 0 aliphatic rings. The molecule has 3 aromatic heterocycles. The van der Waals surface area contributed by atoms with Gasteiger partial charge in [0, 0.05) is 58.8 Å². The quantitative estimate of drug-likeness (QED) is 0.189. The number of primary amides is 1. The molecule has 0 saturated carbocycles. The molecule has 0 radical (unpaired) electrons. The van der Waals surface area contributed by atoms with Crippen LogP contribution in [-0.4, -0.2) is 49.7 Å². The first kappa shape index (κ1) is 24.8. The molecular formula is C22H27N9O4. The number of rotatable bonds is 9. The molecule has 0 aliphatic heterocycles. The average Bonchev–Trinajstić information content (AvgIpc) is 3.44. The van der Waals surface area contributed by atoms with Gasteiger partial charge in [0.05, 0.1) is 22.6 Å². The Kier molecular flexibility index (Phi) is 7.08. The summed E-state index contributed by atoms with van der Waals surface area (Å²) in [5.41, 5.74) is 12.0. The summed E-state index contributed by atoms with van der Waals surface area (Å²) in [4.78, 5) is 49.1. The Balaban J connectivity index is 1.67. The molecule has 0 atom stereocenters. The lowest BCUT2D eigenvalue weighted by atomic mass is 10.2. The summed E-state index contributed by atoms with van der Waals surface area (Å²) in [6, 6.07) is 4.42. The van der Waals surface area contributed by atoms with Crippen LogP contribution in [-0.2, 0) is 21.1 Å². The minimum atomic E-state index is -0.637. The van der Waals surface area contributed by atoms with Gasteiger partial charge in [0.25, 0.3) is 17.7 Å². The average molecular weight is 482 g/mol. The topological polar surface area (TPSA) is 195 Å². The van der Waals surface area contributed by atoms with E-state index in [1.54, 1.807) is 38.0 Å². The van der Waals surface area contributed by atoms with E-state index in [4.69, 9.17) is 16.9 Å². The van der Waals surface area contributed by atoms with E-state index in [-0.39, 0.29) is 41.3 Å². The lowest BCUT2D eigenvalue weighted by Crippen LogP contribution is -2.28. The zero-order valence-electron chi connectivity index (χ0n) is 19.5. The number of hydrogen-bond acceptors (Lipinski definition) is 5. The molecule has 0 bridgehead atoms. The maximum absolute atomic E-state index is 12.8. The molecule has 0 aromatic carbocycles. The number of nitrogens with zero attached hydrogens (tertiary/aromatic N) is 3. The zero-order valence-corrected chi connectivity index (χ0v) is 19.5. The monoisotopic (exact) mass is 481 g/mol. The second kappa shape index (κ2) is 9.99. The number of carbonyl (C=O) groups is 4. The molecule has 3 heterocycles. The fourth-order valence-corrected chi connectivity index (χ4v) is 3.38. The van der Waals surface area contributed by atoms with E-state index in [1.165, 1.54) is 33.7 Å². The number of aromatic nitrogens is 3. The maximum Gasteiger partial charge on any atom is 0.272 e. The minimum Gasteiger partial charge on any atom is -0.388 e. The highest BCUT2D eigenvalue weighted by Crippen LogP contribution is 2.20. The largest absolute Gasteiger partial charge is 0.388 e. The third-order valence-corrected chi connectivity index (χ3v) is 5.21. The first-order chi connectivity index (χ1) is 16.5. The molecule has 0 spiro atoms. The van der Waals surface area contributed by atoms with Gasteiger partial charge in [-0.1, -0.05) is 0 Å². The lowest BCUT2D eigenvalue weighted by Gasteiger charge is -2.04. The molecule has 0 fully saturated rings. The van der Waals surface area contributed by atoms with E-state index in [1.807, 2.05) is 0 Å². The molecule has 184 valence electrons. The van der Waals surface area contributed by atoms with Crippen molar-refractivity contribution in [2.45, 2.75) is 6.42 Å². The van der Waals surface area contributed by atoms with Crippen LogP contribution in [0.1, 0.15) is 48.1 Å². The molecule has 0 saturated heterocycles. The van der Waals surface area contributed by atoms with Gasteiger partial charge in [-0.05, 0) is 12.1 Å². The molecule has 4 amide bonds. The van der Waals surface area contributed by atoms with E-state index in [0.29, 0.717) is 11.5 Å². The van der Waals surface area contributed by atoms with Crippen molar-refractivity contribution in [3.05, 3.63) is 59.3 Å². The third kappa shape index (κ3) is 5.76. The summed E-state index contributed by atoms with van der Waals surface area (Å²) in [5, 5.41) is 15.3. The van der Waals surface area contributed by atoms with Crippen molar-refractivity contribution < 1.29 is 19.2 Å². The summed E-state index contributed by atoms with van der Waals surface area (Å²) < 4.78 is 4.63. The Morgan fingerprint density at radius 3 is 2.00 bits per heavy atom. The van der Waals surface area contributed by atoms with E-state index in [0.717, 1.165) is 0 Å². The predicted octanol–water partition coefficient (Wildman–Crippen LogP) is 0.361. The number of nitrogens with two attached hydrogens (primary N) is 2. The van der Waals surface area contributed by atoms with Gasteiger partial charge in [-0.25, -0.2) is 0 Å². The van der Waals surface area contributed by atoms with E-state index in [9.17, 15) is 19.2 Å². The molecule has 13 nitrogen and oxygen atoms in total. The molecule has 0 aliphatic carbocycles. The Hall–Kier alpha value is -4.81. The highest BCUT2D eigenvalue weighted by Gasteiger charge is 2.18. The molecule has 8 N–H and O–H groups in total. The second-order valence-electron chi connectivity index (χ2n) is 7.98. The van der Waals surface area contributed by atoms with Crippen molar-refractivity contribution in [1.29, 1.82) is 5.41 Å². The number of amides is 4. The Morgan fingerprint density at radius 1 is 0.800 bits per heavy atom. The van der Waals surface area contributed by atoms with E-state index >= 15 is 0 Å². The number of carbonyl (C=O) groups excluding carboxylic acids is 4. The summed E-state index contributed by atoms with van der Waals surface area (Å²) in [7, 11) is 4.95. The number of amidine groups is 1.